The molecule has 8 nitrogen and oxygen atoms in total. The van der Waals surface area contributed by atoms with Crippen molar-refractivity contribution in [2.24, 2.45) is 0 Å². The van der Waals surface area contributed by atoms with Gasteiger partial charge in [-0.1, -0.05) is 34.7 Å². The van der Waals surface area contributed by atoms with Crippen LogP contribution in [-0.2, 0) is 10.0 Å². The maximum Gasteiger partial charge on any atom is 0.322 e. The molecule has 0 saturated carbocycles. The largest absolute Gasteiger partial charge is 0.403 e. The lowest BCUT2D eigenvalue weighted by Gasteiger charge is -2.25. The minimum atomic E-state index is -3.56. The topological polar surface area (TPSA) is 105 Å². The van der Waals surface area contributed by atoms with Crippen LogP contribution >= 0.6 is 23.2 Å². The summed E-state index contributed by atoms with van der Waals surface area (Å²) in [5, 5.41) is 11.0. The van der Waals surface area contributed by atoms with Crippen LogP contribution in [0.2, 0.25) is 10.0 Å². The molecule has 31 heavy (non-hydrogen) atoms. The summed E-state index contributed by atoms with van der Waals surface area (Å²) in [5.41, 5.74) is 0.765. The van der Waals surface area contributed by atoms with Gasteiger partial charge in [0.2, 0.25) is 15.9 Å². The molecular weight excluding hydrogens is 463 g/mol. The summed E-state index contributed by atoms with van der Waals surface area (Å²) >= 11 is 12.0. The fourth-order valence-corrected chi connectivity index (χ4v) is 5.31. The Morgan fingerprint density at radius 1 is 0.968 bits per heavy atom. The van der Waals surface area contributed by atoms with Gasteiger partial charge in [-0.3, -0.25) is 10.1 Å². The number of aromatic nitrogens is 2. The van der Waals surface area contributed by atoms with Crippen LogP contribution in [-0.4, -0.2) is 41.9 Å². The molecule has 1 aliphatic rings. The number of hydrogen-bond acceptors (Lipinski definition) is 6. The molecule has 162 valence electrons. The van der Waals surface area contributed by atoms with Gasteiger partial charge in [-0.2, -0.15) is 4.31 Å². The van der Waals surface area contributed by atoms with Gasteiger partial charge in [0.15, 0.2) is 0 Å². The second-order valence-electron chi connectivity index (χ2n) is 7.01. The van der Waals surface area contributed by atoms with Crippen molar-refractivity contribution in [3.63, 3.8) is 0 Å². The first-order chi connectivity index (χ1) is 14.8. The highest BCUT2D eigenvalue weighted by atomic mass is 35.5. The standard InChI is InChI=1S/C20H18Cl2N4O4S/c21-15-10-14(11-16(22)12-15)19-24-25-20(30-19)23-18(27)13-4-6-17(7-5-13)31(28,29)26-8-2-1-3-9-26/h4-7,10-12H,1-3,8-9H2,(H,23,25,27). The Labute approximate surface area is 189 Å². The van der Waals surface area contributed by atoms with Crippen molar-refractivity contribution in [1.82, 2.24) is 14.5 Å². The molecule has 4 rings (SSSR count). The predicted octanol–water partition coefficient (Wildman–Crippen LogP) is 4.47. The number of halogens is 2. The molecule has 2 heterocycles. The molecule has 0 unspecified atom stereocenters. The van der Waals surface area contributed by atoms with Crippen molar-refractivity contribution < 1.29 is 17.6 Å². The average molecular weight is 481 g/mol. The molecule has 0 atom stereocenters. The van der Waals surface area contributed by atoms with Crippen molar-refractivity contribution >= 4 is 45.1 Å². The molecule has 1 N–H and O–H groups in total. The Morgan fingerprint density at radius 3 is 2.26 bits per heavy atom. The SMILES string of the molecule is O=C(Nc1nnc(-c2cc(Cl)cc(Cl)c2)o1)c1ccc(S(=O)(=O)N2CCCCC2)cc1. The van der Waals surface area contributed by atoms with Crippen LogP contribution in [0.4, 0.5) is 6.01 Å². The van der Waals surface area contributed by atoms with Gasteiger partial charge in [-0.15, -0.1) is 5.10 Å². The lowest BCUT2D eigenvalue weighted by atomic mass is 10.2. The van der Waals surface area contributed by atoms with E-state index in [4.69, 9.17) is 27.6 Å². The van der Waals surface area contributed by atoms with E-state index in [9.17, 15) is 13.2 Å². The number of hydrogen-bond donors (Lipinski definition) is 1. The Balaban J connectivity index is 1.46. The van der Waals surface area contributed by atoms with Crippen molar-refractivity contribution in [3.8, 4) is 11.5 Å². The van der Waals surface area contributed by atoms with E-state index >= 15 is 0 Å². The van der Waals surface area contributed by atoms with Crippen LogP contribution in [0.3, 0.4) is 0 Å². The third-order valence-corrected chi connectivity index (χ3v) is 7.17. The van der Waals surface area contributed by atoms with E-state index in [0.717, 1.165) is 19.3 Å². The van der Waals surface area contributed by atoms with E-state index in [2.05, 4.69) is 15.5 Å². The number of carbonyl (C=O) groups excluding carboxylic acids is 1. The Hall–Kier alpha value is -2.46. The van der Waals surface area contributed by atoms with E-state index in [1.807, 2.05) is 0 Å². The predicted molar refractivity (Wildman–Crippen MR) is 117 cm³/mol. The number of carbonyl (C=O) groups is 1. The zero-order valence-electron chi connectivity index (χ0n) is 16.2. The molecule has 0 radical (unpaired) electrons. The third-order valence-electron chi connectivity index (χ3n) is 4.82. The number of sulfonamides is 1. The minimum absolute atomic E-state index is 0.110. The van der Waals surface area contributed by atoms with E-state index in [1.165, 1.54) is 28.6 Å². The highest BCUT2D eigenvalue weighted by Crippen LogP contribution is 2.27. The van der Waals surface area contributed by atoms with Gasteiger partial charge >= 0.3 is 6.01 Å². The van der Waals surface area contributed by atoms with E-state index in [0.29, 0.717) is 28.7 Å². The molecule has 3 aromatic rings. The fourth-order valence-electron chi connectivity index (χ4n) is 3.27. The zero-order chi connectivity index (χ0) is 22.0. The van der Waals surface area contributed by atoms with Gasteiger partial charge in [0.1, 0.15) is 0 Å². The summed E-state index contributed by atoms with van der Waals surface area (Å²) in [7, 11) is -3.56. The normalized spacial score (nSPS) is 15.0. The molecule has 2 aromatic carbocycles. The average Bonchev–Trinajstić information content (AvgIpc) is 3.22. The van der Waals surface area contributed by atoms with Gasteiger partial charge in [0, 0.05) is 34.3 Å². The van der Waals surface area contributed by atoms with Crippen molar-refractivity contribution in [1.29, 1.82) is 0 Å². The first-order valence-corrected chi connectivity index (χ1v) is 11.7. The quantitative estimate of drug-likeness (QED) is 0.577. The highest BCUT2D eigenvalue weighted by Gasteiger charge is 2.26. The first-order valence-electron chi connectivity index (χ1n) is 9.54. The maximum absolute atomic E-state index is 12.7. The molecule has 1 fully saturated rings. The summed E-state index contributed by atoms with van der Waals surface area (Å²) in [6, 6.07) is 10.4. The fraction of sp³-hybridized carbons (Fsp3) is 0.250. The molecule has 1 aliphatic heterocycles. The first kappa shape index (κ1) is 21.8. The summed E-state index contributed by atoms with van der Waals surface area (Å²) in [6.45, 7) is 1.03. The number of piperidine rings is 1. The van der Waals surface area contributed by atoms with Gasteiger partial charge in [-0.25, -0.2) is 8.42 Å². The van der Waals surface area contributed by atoms with Gasteiger partial charge < -0.3 is 4.42 Å². The minimum Gasteiger partial charge on any atom is -0.403 e. The van der Waals surface area contributed by atoms with Crippen molar-refractivity contribution in [2.75, 3.05) is 18.4 Å². The second-order valence-corrected chi connectivity index (χ2v) is 9.82. The van der Waals surface area contributed by atoms with Crippen LogP contribution in [0.25, 0.3) is 11.5 Å². The number of benzene rings is 2. The van der Waals surface area contributed by atoms with E-state index in [-0.39, 0.29) is 22.4 Å². The molecule has 0 spiro atoms. The van der Waals surface area contributed by atoms with Gasteiger partial charge in [0.25, 0.3) is 5.91 Å². The van der Waals surface area contributed by atoms with E-state index < -0.39 is 15.9 Å². The number of nitrogens with one attached hydrogen (secondary N) is 1. The molecule has 0 aliphatic carbocycles. The summed E-state index contributed by atoms with van der Waals surface area (Å²) in [6.07, 6.45) is 2.74. The van der Waals surface area contributed by atoms with Crippen LogP contribution in [0, 0.1) is 0 Å². The monoisotopic (exact) mass is 480 g/mol. The molecule has 0 bridgehead atoms. The number of nitrogens with zero attached hydrogens (tertiary/aromatic N) is 3. The highest BCUT2D eigenvalue weighted by molar-refractivity contribution is 7.89. The van der Waals surface area contributed by atoms with Crippen molar-refractivity contribution in [3.05, 3.63) is 58.1 Å². The molecule has 1 saturated heterocycles. The van der Waals surface area contributed by atoms with Crippen molar-refractivity contribution in [2.45, 2.75) is 24.2 Å². The van der Waals surface area contributed by atoms with Gasteiger partial charge in [0.05, 0.1) is 4.90 Å². The molecule has 1 amide bonds. The number of anilines is 1. The van der Waals surface area contributed by atoms with Crippen LogP contribution in [0.1, 0.15) is 29.6 Å². The van der Waals surface area contributed by atoms with E-state index in [1.54, 1.807) is 18.2 Å². The summed E-state index contributed by atoms with van der Waals surface area (Å²) in [4.78, 5) is 12.6. The smallest absolute Gasteiger partial charge is 0.322 e. The summed E-state index contributed by atoms with van der Waals surface area (Å²) in [5.74, 6) is -0.371. The Bertz CT molecular complexity index is 1190. The lowest BCUT2D eigenvalue weighted by molar-refractivity contribution is 0.102. The van der Waals surface area contributed by atoms with Crippen LogP contribution in [0.5, 0.6) is 0 Å². The number of amides is 1. The molecule has 11 heteroatoms. The van der Waals surface area contributed by atoms with Crippen LogP contribution in [0.15, 0.2) is 51.8 Å². The van der Waals surface area contributed by atoms with Gasteiger partial charge in [-0.05, 0) is 55.3 Å². The second kappa shape index (κ2) is 8.96. The lowest BCUT2D eigenvalue weighted by Crippen LogP contribution is -2.35. The Morgan fingerprint density at radius 2 is 1.61 bits per heavy atom. The maximum atomic E-state index is 12.7. The Kier molecular flexibility index (Phi) is 6.29. The number of rotatable bonds is 5. The molecular formula is C20H18Cl2N4O4S. The zero-order valence-corrected chi connectivity index (χ0v) is 18.5. The third kappa shape index (κ3) is 4.90. The summed E-state index contributed by atoms with van der Waals surface area (Å²) < 4.78 is 32.4. The molecule has 1 aromatic heterocycles. The van der Waals surface area contributed by atoms with Crippen LogP contribution < -0.4 is 5.32 Å².